The molecule has 0 N–H and O–H groups in total. The minimum Gasteiger partial charge on any atom is -0.497 e. The molecule has 1 heterocycles. The number of carbonyl (C=O) groups excluding carboxylic acids is 1. The first kappa shape index (κ1) is 20.7. The molecule has 1 atom stereocenters. The van der Waals surface area contributed by atoms with E-state index in [0.29, 0.717) is 5.75 Å². The molecule has 0 aliphatic heterocycles. The van der Waals surface area contributed by atoms with Crippen LogP contribution in [0.15, 0.2) is 51.7 Å². The van der Waals surface area contributed by atoms with Gasteiger partial charge in [-0.1, -0.05) is 12.1 Å². The summed E-state index contributed by atoms with van der Waals surface area (Å²) in [5.41, 5.74) is -1.83. The lowest BCUT2D eigenvalue weighted by Crippen LogP contribution is -2.18. The summed E-state index contributed by atoms with van der Waals surface area (Å²) in [5, 5.41) is -1.05. The Hall–Kier alpha value is -3.00. The van der Waals surface area contributed by atoms with E-state index in [2.05, 4.69) is 0 Å². The lowest BCUT2D eigenvalue weighted by molar-refractivity contribution is -0.152. The maximum atomic E-state index is 13.6. The molecule has 152 valence electrons. The summed E-state index contributed by atoms with van der Waals surface area (Å²) in [6.07, 6.45) is -4.93. The first-order valence-corrected chi connectivity index (χ1v) is 8.73. The second-order valence-corrected chi connectivity index (χ2v) is 6.71. The standard InChI is InChI=1S/C20H14ClF3O5/c1-10(21)19(26)28-13-7-8-14-15(9-13)29-18(20(22,23)24)16(17(14)25)11-3-5-12(27-2)6-4-11/h3-10H,1-2H3. The van der Waals surface area contributed by atoms with Gasteiger partial charge in [0.25, 0.3) is 0 Å². The van der Waals surface area contributed by atoms with E-state index >= 15 is 0 Å². The van der Waals surface area contributed by atoms with Crippen LogP contribution in [-0.4, -0.2) is 18.5 Å². The van der Waals surface area contributed by atoms with Gasteiger partial charge in [-0.2, -0.15) is 13.2 Å². The third-order valence-electron chi connectivity index (χ3n) is 4.04. The Bertz CT molecular complexity index is 1120. The highest BCUT2D eigenvalue weighted by molar-refractivity contribution is 6.29. The number of rotatable bonds is 4. The molecule has 29 heavy (non-hydrogen) atoms. The van der Waals surface area contributed by atoms with Crippen molar-refractivity contribution in [1.82, 2.24) is 0 Å². The number of methoxy groups -OCH3 is 1. The van der Waals surface area contributed by atoms with Gasteiger partial charge in [0, 0.05) is 6.07 Å². The van der Waals surface area contributed by atoms with Crippen LogP contribution in [0.25, 0.3) is 22.1 Å². The van der Waals surface area contributed by atoms with E-state index < -0.39 is 34.3 Å². The van der Waals surface area contributed by atoms with Gasteiger partial charge in [-0.3, -0.25) is 9.59 Å². The molecule has 0 bridgehead atoms. The molecule has 0 saturated carbocycles. The van der Waals surface area contributed by atoms with E-state index in [1.165, 1.54) is 50.4 Å². The minimum atomic E-state index is -4.93. The molecule has 1 aromatic heterocycles. The monoisotopic (exact) mass is 426 g/mol. The van der Waals surface area contributed by atoms with Crippen LogP contribution < -0.4 is 14.9 Å². The summed E-state index contributed by atoms with van der Waals surface area (Å²) in [5.74, 6) is -1.91. The molecule has 0 spiro atoms. The molecule has 0 aliphatic carbocycles. The van der Waals surface area contributed by atoms with Crippen molar-refractivity contribution >= 4 is 28.5 Å². The number of alkyl halides is 4. The summed E-state index contributed by atoms with van der Waals surface area (Å²) in [6.45, 7) is 1.38. The van der Waals surface area contributed by atoms with Gasteiger partial charge in [0.15, 0.2) is 0 Å². The van der Waals surface area contributed by atoms with Crippen LogP contribution in [0.2, 0.25) is 0 Å². The third-order valence-corrected chi connectivity index (χ3v) is 4.22. The summed E-state index contributed by atoms with van der Waals surface area (Å²) in [4.78, 5) is 24.5. The Labute approximate surface area is 167 Å². The van der Waals surface area contributed by atoms with Gasteiger partial charge in [-0.05, 0) is 36.8 Å². The van der Waals surface area contributed by atoms with E-state index in [4.69, 9.17) is 25.5 Å². The molecule has 9 heteroatoms. The van der Waals surface area contributed by atoms with E-state index in [1.54, 1.807) is 0 Å². The molecule has 5 nitrogen and oxygen atoms in total. The highest BCUT2D eigenvalue weighted by Gasteiger charge is 2.39. The van der Waals surface area contributed by atoms with Crippen molar-refractivity contribution in [3.8, 4) is 22.6 Å². The summed E-state index contributed by atoms with van der Waals surface area (Å²) in [7, 11) is 1.41. The summed E-state index contributed by atoms with van der Waals surface area (Å²) >= 11 is 5.61. The molecule has 1 unspecified atom stereocenters. The second kappa shape index (κ2) is 7.79. The van der Waals surface area contributed by atoms with Crippen LogP contribution in [0.1, 0.15) is 12.7 Å². The van der Waals surface area contributed by atoms with Crippen molar-refractivity contribution in [1.29, 1.82) is 0 Å². The smallest absolute Gasteiger partial charge is 0.450 e. The van der Waals surface area contributed by atoms with Gasteiger partial charge in [0.1, 0.15) is 22.5 Å². The normalized spacial score (nSPS) is 12.6. The average Bonchev–Trinajstić information content (AvgIpc) is 2.67. The van der Waals surface area contributed by atoms with Crippen molar-refractivity contribution in [2.45, 2.75) is 18.5 Å². The molecule has 3 rings (SSSR count). The summed E-state index contributed by atoms with van der Waals surface area (Å²) < 4.78 is 55.9. The van der Waals surface area contributed by atoms with Crippen molar-refractivity contribution in [3.05, 3.63) is 58.4 Å². The van der Waals surface area contributed by atoms with Crippen molar-refractivity contribution in [2.75, 3.05) is 7.11 Å². The number of esters is 1. The molecule has 2 aromatic carbocycles. The topological polar surface area (TPSA) is 65.7 Å². The fraction of sp³-hybridized carbons (Fsp3) is 0.200. The second-order valence-electron chi connectivity index (χ2n) is 6.06. The molecule has 0 amide bonds. The maximum Gasteiger partial charge on any atom is 0.450 e. The number of benzene rings is 2. The fourth-order valence-corrected chi connectivity index (χ4v) is 2.70. The molecule has 0 fully saturated rings. The van der Waals surface area contributed by atoms with Crippen molar-refractivity contribution in [3.63, 3.8) is 0 Å². The molecular weight excluding hydrogens is 413 g/mol. The third kappa shape index (κ3) is 4.22. The van der Waals surface area contributed by atoms with Gasteiger partial charge in [-0.25, -0.2) is 0 Å². The predicted molar refractivity (Wildman–Crippen MR) is 100 cm³/mol. The van der Waals surface area contributed by atoms with E-state index in [9.17, 15) is 22.8 Å². The largest absolute Gasteiger partial charge is 0.497 e. The lowest BCUT2D eigenvalue weighted by atomic mass is 10.0. The Kier molecular flexibility index (Phi) is 5.57. The van der Waals surface area contributed by atoms with Crippen molar-refractivity contribution < 1.29 is 31.9 Å². The minimum absolute atomic E-state index is 0.0280. The van der Waals surface area contributed by atoms with Gasteiger partial charge in [0.2, 0.25) is 11.2 Å². The summed E-state index contributed by atoms with van der Waals surface area (Å²) in [6, 6.07) is 9.11. The number of hydrogen-bond donors (Lipinski definition) is 0. The Morgan fingerprint density at radius 3 is 2.28 bits per heavy atom. The highest BCUT2D eigenvalue weighted by atomic mass is 35.5. The molecule has 0 aliphatic rings. The number of hydrogen-bond acceptors (Lipinski definition) is 5. The Morgan fingerprint density at radius 2 is 1.72 bits per heavy atom. The lowest BCUT2D eigenvalue weighted by Gasteiger charge is -2.13. The molecule has 0 saturated heterocycles. The molecule has 3 aromatic rings. The number of halogens is 4. The highest BCUT2D eigenvalue weighted by Crippen LogP contribution is 2.38. The number of carbonyl (C=O) groups is 1. The van der Waals surface area contributed by atoms with E-state index in [1.807, 2.05) is 0 Å². The average molecular weight is 427 g/mol. The zero-order valence-corrected chi connectivity index (χ0v) is 15.9. The SMILES string of the molecule is COc1ccc(-c2c(C(F)(F)F)oc3cc(OC(=O)C(C)Cl)ccc3c2=O)cc1. The first-order valence-electron chi connectivity index (χ1n) is 8.30. The van der Waals surface area contributed by atoms with Crippen LogP contribution in [0.5, 0.6) is 11.5 Å². The van der Waals surface area contributed by atoms with E-state index in [0.717, 1.165) is 6.07 Å². The van der Waals surface area contributed by atoms with E-state index in [-0.39, 0.29) is 22.3 Å². The van der Waals surface area contributed by atoms with Gasteiger partial charge in [-0.15, -0.1) is 11.6 Å². The van der Waals surface area contributed by atoms with Crippen LogP contribution >= 0.6 is 11.6 Å². The Balaban J connectivity index is 2.22. The predicted octanol–water partition coefficient (Wildman–Crippen LogP) is 5.02. The number of ether oxygens (including phenoxy) is 2. The maximum absolute atomic E-state index is 13.6. The van der Waals surface area contributed by atoms with Crippen LogP contribution in [0, 0.1) is 0 Å². The fourth-order valence-electron chi connectivity index (χ4n) is 2.65. The zero-order valence-electron chi connectivity index (χ0n) is 15.2. The first-order chi connectivity index (χ1) is 13.6. The van der Waals surface area contributed by atoms with Gasteiger partial charge in [0.05, 0.1) is 18.1 Å². The Morgan fingerprint density at radius 1 is 1.10 bits per heavy atom. The van der Waals surface area contributed by atoms with Crippen LogP contribution in [0.4, 0.5) is 13.2 Å². The van der Waals surface area contributed by atoms with Crippen molar-refractivity contribution in [2.24, 2.45) is 0 Å². The van der Waals surface area contributed by atoms with Gasteiger partial charge >= 0.3 is 12.1 Å². The molecule has 0 radical (unpaired) electrons. The molecular formula is C20H14ClF3O5. The number of fused-ring (bicyclic) bond motifs is 1. The van der Waals surface area contributed by atoms with Crippen LogP contribution in [-0.2, 0) is 11.0 Å². The van der Waals surface area contributed by atoms with Gasteiger partial charge < -0.3 is 13.9 Å². The quantitative estimate of drug-likeness (QED) is 0.333. The van der Waals surface area contributed by atoms with Crippen LogP contribution in [0.3, 0.4) is 0 Å². The zero-order chi connectivity index (χ0) is 21.3.